The number of sulfone groups is 1. The Morgan fingerprint density at radius 3 is 2.43 bits per heavy atom. The largest absolute Gasteiger partial charge is 0.378 e. The van der Waals surface area contributed by atoms with E-state index >= 15 is 0 Å². The first-order chi connectivity index (χ1) is 17.9. The van der Waals surface area contributed by atoms with E-state index in [1.165, 1.54) is 18.2 Å². The molecule has 2 aliphatic rings. The van der Waals surface area contributed by atoms with Crippen LogP contribution in [0.1, 0.15) is 18.4 Å². The number of anilines is 1. The maximum absolute atomic E-state index is 13.4. The number of ether oxygens (including phenoxy) is 1. The van der Waals surface area contributed by atoms with Gasteiger partial charge in [-0.3, -0.25) is 14.7 Å². The predicted molar refractivity (Wildman–Crippen MR) is 139 cm³/mol. The van der Waals surface area contributed by atoms with Gasteiger partial charge in [0.2, 0.25) is 5.91 Å². The van der Waals surface area contributed by atoms with Crippen LogP contribution >= 0.6 is 0 Å². The SMILES string of the molecule is C=CC(N1CCC(C(=O)N2CCOCC2)CC1)S(=O)(=O)c1ccc(NC(=O)NCc2cccnc2)cc1. The third-order valence-corrected chi connectivity index (χ3v) is 8.75. The van der Waals surface area contributed by atoms with Gasteiger partial charge >= 0.3 is 6.03 Å². The minimum Gasteiger partial charge on any atom is -0.378 e. The molecule has 1 unspecified atom stereocenters. The lowest BCUT2D eigenvalue weighted by atomic mass is 9.95. The molecule has 0 saturated carbocycles. The number of likely N-dealkylation sites (tertiary alicyclic amines) is 1. The predicted octanol–water partition coefficient (Wildman–Crippen LogP) is 2.26. The Morgan fingerprint density at radius 1 is 1.11 bits per heavy atom. The molecular weight excluding hydrogens is 494 g/mol. The van der Waals surface area contributed by atoms with E-state index in [2.05, 4.69) is 22.2 Å². The lowest BCUT2D eigenvalue weighted by Gasteiger charge is -2.37. The zero-order valence-electron chi connectivity index (χ0n) is 20.7. The molecule has 2 N–H and O–H groups in total. The van der Waals surface area contributed by atoms with E-state index in [1.807, 2.05) is 15.9 Å². The van der Waals surface area contributed by atoms with Crippen molar-refractivity contribution < 1.29 is 22.7 Å². The number of urea groups is 1. The van der Waals surface area contributed by atoms with Crippen molar-refractivity contribution in [1.82, 2.24) is 20.1 Å². The van der Waals surface area contributed by atoms with Crippen LogP contribution in [0.15, 0.2) is 66.3 Å². The zero-order chi connectivity index (χ0) is 26.3. The molecule has 11 heteroatoms. The number of piperidine rings is 1. The molecule has 1 atom stereocenters. The summed E-state index contributed by atoms with van der Waals surface area (Å²) in [6.07, 6.45) is 5.98. The van der Waals surface area contributed by atoms with Gasteiger partial charge in [0.25, 0.3) is 0 Å². The molecular formula is C26H33N5O5S. The third-order valence-electron chi connectivity index (χ3n) is 6.70. The summed E-state index contributed by atoms with van der Waals surface area (Å²) in [5, 5.41) is 4.54. The number of rotatable bonds is 8. The number of amides is 3. The number of carbonyl (C=O) groups excluding carboxylic acids is 2. The van der Waals surface area contributed by atoms with Crippen LogP contribution in [0.4, 0.5) is 10.5 Å². The Morgan fingerprint density at radius 2 is 1.81 bits per heavy atom. The molecule has 2 saturated heterocycles. The van der Waals surface area contributed by atoms with E-state index in [4.69, 9.17) is 4.74 Å². The molecule has 4 rings (SSSR count). The van der Waals surface area contributed by atoms with Gasteiger partial charge in [-0.2, -0.15) is 0 Å². The Hall–Kier alpha value is -3.28. The number of carbonyl (C=O) groups is 2. The maximum atomic E-state index is 13.4. The molecule has 0 radical (unpaired) electrons. The standard InChI is InChI=1S/C26H33N5O5S/c1-2-24(30-12-9-21(10-13-30)25(32)31-14-16-36-17-15-31)37(34,35)23-7-5-22(6-8-23)29-26(33)28-19-20-4-3-11-27-18-20/h2-8,11,18,21,24H,1,9-10,12-17,19H2,(H2,28,29,33). The summed E-state index contributed by atoms with van der Waals surface area (Å²) in [5.41, 5.74) is 1.34. The van der Waals surface area contributed by atoms with Crippen LogP contribution < -0.4 is 10.6 Å². The lowest BCUT2D eigenvalue weighted by molar-refractivity contribution is -0.141. The van der Waals surface area contributed by atoms with Gasteiger partial charge in [-0.05, 0) is 48.7 Å². The topological polar surface area (TPSA) is 121 Å². The first kappa shape index (κ1) is 26.8. The van der Waals surface area contributed by atoms with E-state index in [0.29, 0.717) is 64.5 Å². The monoisotopic (exact) mass is 527 g/mol. The Bertz CT molecular complexity index is 1180. The summed E-state index contributed by atoms with van der Waals surface area (Å²) in [4.78, 5) is 32.9. The van der Waals surface area contributed by atoms with Gasteiger partial charge in [-0.1, -0.05) is 12.1 Å². The van der Waals surface area contributed by atoms with Gasteiger partial charge in [0.05, 0.1) is 18.1 Å². The number of hydrogen-bond donors (Lipinski definition) is 2. The second-order valence-corrected chi connectivity index (χ2v) is 11.2. The minimum atomic E-state index is -3.74. The summed E-state index contributed by atoms with van der Waals surface area (Å²) in [7, 11) is -3.74. The Kier molecular flexibility index (Phi) is 8.91. The first-order valence-corrected chi connectivity index (χ1v) is 13.9. The van der Waals surface area contributed by atoms with Crippen molar-refractivity contribution in [3.05, 3.63) is 67.0 Å². The normalized spacial score (nSPS) is 18.1. The van der Waals surface area contributed by atoms with Gasteiger partial charge in [0, 0.05) is 56.7 Å². The van der Waals surface area contributed by atoms with E-state index in [9.17, 15) is 18.0 Å². The smallest absolute Gasteiger partial charge is 0.319 e. The summed E-state index contributed by atoms with van der Waals surface area (Å²) in [5.74, 6) is 0.0331. The molecule has 3 amide bonds. The summed E-state index contributed by atoms with van der Waals surface area (Å²) in [6.45, 7) is 7.43. The molecule has 3 heterocycles. The summed E-state index contributed by atoms with van der Waals surface area (Å²) in [6, 6.07) is 9.33. The van der Waals surface area contributed by atoms with Gasteiger partial charge in [-0.15, -0.1) is 6.58 Å². The van der Waals surface area contributed by atoms with Crippen LogP contribution in [0, 0.1) is 5.92 Å². The molecule has 198 valence electrons. The highest BCUT2D eigenvalue weighted by Gasteiger charge is 2.36. The molecule has 1 aromatic heterocycles. The zero-order valence-corrected chi connectivity index (χ0v) is 21.5. The highest BCUT2D eigenvalue weighted by atomic mass is 32.2. The van der Waals surface area contributed by atoms with Crippen LogP contribution in [0.25, 0.3) is 0 Å². The molecule has 10 nitrogen and oxygen atoms in total. The van der Waals surface area contributed by atoms with Gasteiger partial charge in [0.15, 0.2) is 9.84 Å². The Balaban J connectivity index is 1.32. The summed E-state index contributed by atoms with van der Waals surface area (Å²) < 4.78 is 32.1. The molecule has 1 aromatic carbocycles. The van der Waals surface area contributed by atoms with Crippen molar-refractivity contribution in [3.8, 4) is 0 Å². The highest BCUT2D eigenvalue weighted by Crippen LogP contribution is 2.27. The maximum Gasteiger partial charge on any atom is 0.319 e. The van der Waals surface area contributed by atoms with Crippen LogP contribution in [-0.4, -0.2) is 79.9 Å². The number of nitrogens with zero attached hydrogens (tertiary/aromatic N) is 3. The average Bonchev–Trinajstić information content (AvgIpc) is 2.93. The molecule has 2 fully saturated rings. The molecule has 2 aliphatic heterocycles. The van der Waals surface area contributed by atoms with Crippen molar-refractivity contribution in [2.24, 2.45) is 5.92 Å². The fourth-order valence-electron chi connectivity index (χ4n) is 4.64. The molecule has 37 heavy (non-hydrogen) atoms. The third kappa shape index (κ3) is 6.73. The second-order valence-electron chi connectivity index (χ2n) is 9.11. The van der Waals surface area contributed by atoms with Crippen molar-refractivity contribution in [1.29, 1.82) is 0 Å². The number of benzene rings is 1. The second kappa shape index (κ2) is 12.3. The highest BCUT2D eigenvalue weighted by molar-refractivity contribution is 7.92. The number of aromatic nitrogens is 1. The van der Waals surface area contributed by atoms with Crippen molar-refractivity contribution >= 4 is 27.5 Å². The number of nitrogens with one attached hydrogen (secondary N) is 2. The summed E-state index contributed by atoms with van der Waals surface area (Å²) >= 11 is 0. The first-order valence-electron chi connectivity index (χ1n) is 12.4. The molecule has 2 aromatic rings. The van der Waals surface area contributed by atoms with E-state index in [1.54, 1.807) is 30.6 Å². The van der Waals surface area contributed by atoms with Gasteiger partial charge < -0.3 is 20.3 Å². The van der Waals surface area contributed by atoms with E-state index < -0.39 is 21.2 Å². The number of hydrogen-bond acceptors (Lipinski definition) is 7. The van der Waals surface area contributed by atoms with Crippen molar-refractivity contribution in [2.45, 2.75) is 29.7 Å². The fourth-order valence-corrected chi connectivity index (χ4v) is 6.29. The Labute approximate surface area is 217 Å². The van der Waals surface area contributed by atoms with Crippen molar-refractivity contribution in [2.75, 3.05) is 44.7 Å². The van der Waals surface area contributed by atoms with Crippen LogP contribution in [0.5, 0.6) is 0 Å². The van der Waals surface area contributed by atoms with Crippen LogP contribution in [0.2, 0.25) is 0 Å². The molecule has 0 aliphatic carbocycles. The quantitative estimate of drug-likeness (QED) is 0.505. The van der Waals surface area contributed by atoms with E-state index in [0.717, 1.165) is 5.56 Å². The number of pyridine rings is 1. The van der Waals surface area contributed by atoms with E-state index in [-0.39, 0.29) is 16.7 Å². The number of morpholine rings is 1. The molecule has 0 spiro atoms. The van der Waals surface area contributed by atoms with Crippen LogP contribution in [0.3, 0.4) is 0 Å². The minimum absolute atomic E-state index is 0.0998. The lowest BCUT2D eigenvalue weighted by Crippen LogP contribution is -2.49. The molecule has 0 bridgehead atoms. The van der Waals surface area contributed by atoms with Crippen LogP contribution in [-0.2, 0) is 25.9 Å². The van der Waals surface area contributed by atoms with Gasteiger partial charge in [-0.25, -0.2) is 13.2 Å². The average molecular weight is 528 g/mol. The van der Waals surface area contributed by atoms with Crippen molar-refractivity contribution in [3.63, 3.8) is 0 Å². The fraction of sp³-hybridized carbons (Fsp3) is 0.423. The van der Waals surface area contributed by atoms with Gasteiger partial charge in [0.1, 0.15) is 5.37 Å².